The second-order valence-electron chi connectivity index (χ2n) is 5.25. The molecule has 1 fully saturated rings. The van der Waals surface area contributed by atoms with Gasteiger partial charge < -0.3 is 14.9 Å². The largest absolute Gasteiger partial charge is 0.436 e. The summed E-state index contributed by atoms with van der Waals surface area (Å²) in [6.45, 7) is 0. The van der Waals surface area contributed by atoms with Crippen molar-refractivity contribution in [2.45, 2.75) is 30.4 Å². The number of ether oxygens (including phenoxy) is 1. The van der Waals surface area contributed by atoms with Crippen LogP contribution >= 0.6 is 11.8 Å². The Balaban J connectivity index is 1.84. The molecule has 0 saturated heterocycles. The van der Waals surface area contributed by atoms with E-state index in [0.29, 0.717) is 11.7 Å². The average Bonchev–Trinajstić information content (AvgIpc) is 2.94. The number of hydrogen-bond acceptors (Lipinski definition) is 6. The van der Waals surface area contributed by atoms with E-state index in [0.717, 1.165) is 10.5 Å². The zero-order valence-corrected chi connectivity index (χ0v) is 13.4. The average molecular weight is 331 g/mol. The monoisotopic (exact) mass is 331 g/mol. The molecule has 0 bridgehead atoms. The maximum Gasteiger partial charge on any atom is 0.267 e. The van der Waals surface area contributed by atoms with Crippen molar-refractivity contribution in [1.29, 1.82) is 0 Å². The van der Waals surface area contributed by atoms with Gasteiger partial charge in [0.15, 0.2) is 5.69 Å². The van der Waals surface area contributed by atoms with Crippen LogP contribution in [0.2, 0.25) is 0 Å². The van der Waals surface area contributed by atoms with Crippen molar-refractivity contribution < 1.29 is 14.9 Å². The van der Waals surface area contributed by atoms with Crippen LogP contribution in [-0.2, 0) is 0 Å². The smallest absolute Gasteiger partial charge is 0.267 e. The number of benzene rings is 1. The second-order valence-corrected chi connectivity index (χ2v) is 6.10. The van der Waals surface area contributed by atoms with E-state index in [2.05, 4.69) is 27.3 Å². The topological polar surface area (TPSA) is 91.3 Å². The molecule has 3 N–H and O–H groups in total. The first-order valence-corrected chi connectivity index (χ1v) is 8.54. The van der Waals surface area contributed by atoms with Crippen molar-refractivity contribution >= 4 is 11.8 Å². The summed E-state index contributed by atoms with van der Waals surface area (Å²) in [5, 5.41) is 28.2. The molecule has 1 aliphatic rings. The summed E-state index contributed by atoms with van der Waals surface area (Å²) in [7, 11) is 0. The van der Waals surface area contributed by atoms with Crippen LogP contribution in [0.3, 0.4) is 0 Å². The predicted octanol–water partition coefficient (Wildman–Crippen LogP) is 2.45. The van der Waals surface area contributed by atoms with Crippen molar-refractivity contribution in [2.75, 3.05) is 6.26 Å². The van der Waals surface area contributed by atoms with E-state index in [-0.39, 0.29) is 11.6 Å². The van der Waals surface area contributed by atoms with E-state index in [1.807, 2.05) is 18.4 Å². The number of hydrogen-bond donors (Lipinski definition) is 3. The second kappa shape index (κ2) is 7.04. The Morgan fingerprint density at radius 3 is 2.83 bits per heavy atom. The Morgan fingerprint density at radius 1 is 1.35 bits per heavy atom. The minimum absolute atomic E-state index is 0.0369. The molecule has 6 nitrogen and oxygen atoms in total. The van der Waals surface area contributed by atoms with Gasteiger partial charge in [-0.1, -0.05) is 18.3 Å². The highest BCUT2D eigenvalue weighted by molar-refractivity contribution is 7.98. The standard InChI is InChI=1S/C16H17N3O3S/c1-23-13-8-7-12(9-11(13)6-5-10-3-2-4-10)22-15-14(16(20)21)17-19-18-15/h7-10,16,20-21H,2-4H2,1H3,(H,17,18,19). The van der Waals surface area contributed by atoms with Crippen LogP contribution in [-0.4, -0.2) is 31.9 Å². The van der Waals surface area contributed by atoms with E-state index in [1.54, 1.807) is 17.8 Å². The lowest BCUT2D eigenvalue weighted by molar-refractivity contribution is -0.0470. The Kier molecular flexibility index (Phi) is 4.86. The summed E-state index contributed by atoms with van der Waals surface area (Å²) in [6, 6.07) is 5.56. The van der Waals surface area contributed by atoms with E-state index in [4.69, 9.17) is 4.74 Å². The number of rotatable bonds is 4. The fraction of sp³-hybridized carbons (Fsp3) is 0.375. The molecule has 0 aliphatic heterocycles. The molecule has 2 aromatic rings. The highest BCUT2D eigenvalue weighted by Gasteiger charge is 2.17. The Morgan fingerprint density at radius 2 is 2.17 bits per heavy atom. The van der Waals surface area contributed by atoms with Crippen LogP contribution in [0.25, 0.3) is 0 Å². The van der Waals surface area contributed by atoms with E-state index in [1.165, 1.54) is 19.3 Å². The number of H-pyrrole nitrogens is 1. The molecule has 0 spiro atoms. The number of aromatic nitrogens is 3. The molecule has 1 aromatic carbocycles. The number of thioether (sulfide) groups is 1. The molecule has 3 rings (SSSR count). The van der Waals surface area contributed by atoms with Gasteiger partial charge >= 0.3 is 0 Å². The Labute approximate surface area is 138 Å². The van der Waals surface area contributed by atoms with Gasteiger partial charge in [-0.2, -0.15) is 10.3 Å². The summed E-state index contributed by atoms with van der Waals surface area (Å²) in [4.78, 5) is 1.08. The maximum absolute atomic E-state index is 9.21. The van der Waals surface area contributed by atoms with Crippen LogP contribution in [0.5, 0.6) is 11.6 Å². The molecule has 23 heavy (non-hydrogen) atoms. The summed E-state index contributed by atoms with van der Waals surface area (Å²) in [5.74, 6) is 7.59. The molecular weight excluding hydrogens is 314 g/mol. The third-order valence-corrected chi connectivity index (χ3v) is 4.48. The Bertz CT molecular complexity index is 745. The summed E-state index contributed by atoms with van der Waals surface area (Å²) in [5.41, 5.74) is 0.845. The summed E-state index contributed by atoms with van der Waals surface area (Å²) < 4.78 is 5.60. The minimum Gasteiger partial charge on any atom is -0.436 e. The molecule has 1 saturated carbocycles. The lowest BCUT2D eigenvalue weighted by Gasteiger charge is -2.18. The van der Waals surface area contributed by atoms with Crippen molar-refractivity contribution in [3.63, 3.8) is 0 Å². The number of nitrogens with one attached hydrogen (secondary N) is 1. The van der Waals surface area contributed by atoms with Crippen LogP contribution in [0.1, 0.15) is 36.8 Å². The number of aromatic amines is 1. The van der Waals surface area contributed by atoms with Crippen molar-refractivity contribution in [2.24, 2.45) is 5.92 Å². The van der Waals surface area contributed by atoms with Gasteiger partial charge in [-0.3, -0.25) is 0 Å². The van der Waals surface area contributed by atoms with Gasteiger partial charge in [-0.15, -0.1) is 16.9 Å². The summed E-state index contributed by atoms with van der Waals surface area (Å²) >= 11 is 1.63. The van der Waals surface area contributed by atoms with E-state index < -0.39 is 6.29 Å². The first-order valence-electron chi connectivity index (χ1n) is 7.31. The van der Waals surface area contributed by atoms with Crippen LogP contribution in [0, 0.1) is 17.8 Å². The number of aliphatic hydroxyl groups is 2. The van der Waals surface area contributed by atoms with Crippen molar-refractivity contribution in [3.8, 4) is 23.5 Å². The van der Waals surface area contributed by atoms with Gasteiger partial charge in [0.25, 0.3) is 5.88 Å². The Hall–Kier alpha value is -2.01. The van der Waals surface area contributed by atoms with Gasteiger partial charge in [0, 0.05) is 16.4 Å². The van der Waals surface area contributed by atoms with Crippen LogP contribution in [0.15, 0.2) is 23.1 Å². The molecular formula is C16H17N3O3S. The van der Waals surface area contributed by atoms with Gasteiger partial charge in [0.1, 0.15) is 5.75 Å². The maximum atomic E-state index is 9.21. The third-order valence-electron chi connectivity index (χ3n) is 3.69. The predicted molar refractivity (Wildman–Crippen MR) is 86.1 cm³/mol. The molecule has 1 heterocycles. The highest BCUT2D eigenvalue weighted by atomic mass is 32.2. The van der Waals surface area contributed by atoms with E-state index in [9.17, 15) is 10.2 Å². The zero-order valence-electron chi connectivity index (χ0n) is 12.6. The first-order chi connectivity index (χ1) is 11.2. The van der Waals surface area contributed by atoms with Gasteiger partial charge in [-0.25, -0.2) is 0 Å². The summed E-state index contributed by atoms with van der Waals surface area (Å²) in [6.07, 6.45) is 3.87. The molecule has 0 amide bonds. The van der Waals surface area contributed by atoms with E-state index >= 15 is 0 Å². The molecule has 0 unspecified atom stereocenters. The molecule has 1 aliphatic carbocycles. The van der Waals surface area contributed by atoms with Gasteiger partial charge in [0.2, 0.25) is 6.29 Å². The minimum atomic E-state index is -1.74. The first kappa shape index (κ1) is 15.9. The lowest BCUT2D eigenvalue weighted by atomic mass is 9.86. The normalized spacial score (nSPS) is 14.3. The zero-order chi connectivity index (χ0) is 16.2. The fourth-order valence-corrected chi connectivity index (χ4v) is 2.70. The lowest BCUT2D eigenvalue weighted by Crippen LogP contribution is -2.07. The number of nitrogens with zero attached hydrogens (tertiary/aromatic N) is 2. The molecule has 7 heteroatoms. The van der Waals surface area contributed by atoms with Crippen molar-refractivity contribution in [1.82, 2.24) is 15.4 Å². The van der Waals surface area contributed by atoms with Gasteiger partial charge in [0.05, 0.1) is 0 Å². The SMILES string of the molecule is CSc1ccc(Oc2n[nH]nc2C(O)O)cc1C#CC1CCC1. The molecule has 1 aromatic heterocycles. The molecule has 0 atom stereocenters. The van der Waals surface area contributed by atoms with Crippen LogP contribution < -0.4 is 4.74 Å². The third kappa shape index (κ3) is 3.67. The van der Waals surface area contributed by atoms with Crippen LogP contribution in [0.4, 0.5) is 0 Å². The molecule has 120 valence electrons. The highest BCUT2D eigenvalue weighted by Crippen LogP contribution is 2.30. The molecule has 0 radical (unpaired) electrons. The number of aliphatic hydroxyl groups excluding tert-OH is 1. The van der Waals surface area contributed by atoms with Gasteiger partial charge in [-0.05, 0) is 37.3 Å². The quantitative estimate of drug-likeness (QED) is 0.453. The van der Waals surface area contributed by atoms with Crippen molar-refractivity contribution in [3.05, 3.63) is 29.5 Å². The fourth-order valence-electron chi connectivity index (χ4n) is 2.16.